The van der Waals surface area contributed by atoms with Crippen LogP contribution < -0.4 is 5.32 Å². The van der Waals surface area contributed by atoms with Crippen molar-refractivity contribution < 1.29 is 9.59 Å². The molecule has 0 spiro atoms. The molecule has 1 aromatic heterocycles. The van der Waals surface area contributed by atoms with Gasteiger partial charge in [-0.25, -0.2) is 0 Å². The van der Waals surface area contributed by atoms with Crippen molar-refractivity contribution in [3.05, 3.63) is 106 Å². The fourth-order valence-electron chi connectivity index (χ4n) is 4.40. The van der Waals surface area contributed by atoms with Crippen LogP contribution in [0.15, 0.2) is 79.0 Å². The van der Waals surface area contributed by atoms with Crippen LogP contribution in [0.5, 0.6) is 0 Å². The molecule has 2 heterocycles. The first kappa shape index (κ1) is 20.3. The van der Waals surface area contributed by atoms with E-state index in [1.165, 1.54) is 0 Å². The molecular weight excluding hydrogens is 422 g/mol. The largest absolute Gasteiger partial charge is 0.361 e. The van der Waals surface area contributed by atoms with Crippen molar-refractivity contribution >= 4 is 34.3 Å². The summed E-state index contributed by atoms with van der Waals surface area (Å²) < 4.78 is 0. The molecule has 0 radical (unpaired) electrons. The van der Waals surface area contributed by atoms with E-state index in [1.807, 2.05) is 79.0 Å². The lowest BCUT2D eigenvalue weighted by Gasteiger charge is -2.25. The summed E-state index contributed by atoms with van der Waals surface area (Å²) in [6, 6.07) is 22.9. The number of aromatic nitrogens is 1. The summed E-state index contributed by atoms with van der Waals surface area (Å²) in [5.41, 5.74) is 4.67. The minimum Gasteiger partial charge on any atom is -0.361 e. The van der Waals surface area contributed by atoms with Crippen LogP contribution in [0.3, 0.4) is 0 Å². The molecule has 4 aromatic rings. The molecule has 160 valence electrons. The molecule has 1 unspecified atom stereocenters. The number of carbonyl (C=O) groups is 2. The first-order chi connectivity index (χ1) is 15.6. The predicted octanol–water partition coefficient (Wildman–Crippen LogP) is 4.73. The highest BCUT2D eigenvalue weighted by Gasteiger charge is 2.39. The fourth-order valence-corrected chi connectivity index (χ4v) is 4.52. The number of benzene rings is 3. The Morgan fingerprint density at radius 2 is 1.72 bits per heavy atom. The minimum absolute atomic E-state index is 0.00168. The van der Waals surface area contributed by atoms with Crippen molar-refractivity contribution in [2.45, 2.75) is 12.5 Å². The summed E-state index contributed by atoms with van der Waals surface area (Å²) in [6.45, 7) is 0.492. The van der Waals surface area contributed by atoms with E-state index in [2.05, 4.69) is 10.3 Å². The standard InChI is InChI=1S/C26H22ClN3O2/c27-18-11-9-17(10-12-18)13-14-28-24(31)16-30-25(20-6-1-2-7-21(20)26(30)32)22-15-29-23-8-4-3-5-19(22)23/h1-12,15,25,29H,13-14,16H2,(H,28,31). The third-order valence-electron chi connectivity index (χ3n) is 5.94. The number of rotatable bonds is 6. The van der Waals surface area contributed by atoms with E-state index in [-0.39, 0.29) is 24.4 Å². The van der Waals surface area contributed by atoms with E-state index in [1.54, 1.807) is 4.90 Å². The van der Waals surface area contributed by atoms with Gasteiger partial charge in [-0.15, -0.1) is 0 Å². The van der Waals surface area contributed by atoms with Crippen LogP contribution in [-0.4, -0.2) is 34.8 Å². The van der Waals surface area contributed by atoms with Crippen LogP contribution in [0.2, 0.25) is 5.02 Å². The molecule has 5 rings (SSSR count). The van der Waals surface area contributed by atoms with Crippen LogP contribution in [0.25, 0.3) is 10.9 Å². The summed E-state index contributed by atoms with van der Waals surface area (Å²) in [5, 5.41) is 4.69. The Morgan fingerprint density at radius 1 is 0.969 bits per heavy atom. The fraction of sp³-hybridized carbons (Fsp3) is 0.154. The molecule has 0 saturated carbocycles. The molecular formula is C26H22ClN3O2. The van der Waals surface area contributed by atoms with Gasteiger partial charge in [0, 0.05) is 39.8 Å². The van der Waals surface area contributed by atoms with Gasteiger partial charge in [0.05, 0.1) is 6.04 Å². The van der Waals surface area contributed by atoms with Crippen LogP contribution in [0.4, 0.5) is 0 Å². The number of amides is 2. The Balaban J connectivity index is 1.36. The summed E-state index contributed by atoms with van der Waals surface area (Å²) >= 11 is 5.93. The van der Waals surface area contributed by atoms with Crippen molar-refractivity contribution in [1.29, 1.82) is 0 Å². The van der Waals surface area contributed by atoms with Crippen LogP contribution >= 0.6 is 11.6 Å². The summed E-state index contributed by atoms with van der Waals surface area (Å²) in [5.74, 6) is -0.298. The van der Waals surface area contributed by atoms with E-state index >= 15 is 0 Å². The normalized spacial score (nSPS) is 15.2. The number of hydrogen-bond acceptors (Lipinski definition) is 2. The molecule has 32 heavy (non-hydrogen) atoms. The van der Waals surface area contributed by atoms with Gasteiger partial charge in [0.1, 0.15) is 6.54 Å². The zero-order valence-corrected chi connectivity index (χ0v) is 18.1. The Labute approximate surface area is 191 Å². The van der Waals surface area contributed by atoms with Gasteiger partial charge in [-0.2, -0.15) is 0 Å². The highest BCUT2D eigenvalue weighted by molar-refractivity contribution is 6.30. The minimum atomic E-state index is -0.308. The lowest BCUT2D eigenvalue weighted by atomic mass is 9.97. The zero-order chi connectivity index (χ0) is 22.1. The van der Waals surface area contributed by atoms with Crippen molar-refractivity contribution in [3.63, 3.8) is 0 Å². The third-order valence-corrected chi connectivity index (χ3v) is 6.19. The van der Waals surface area contributed by atoms with Crippen molar-refractivity contribution in [3.8, 4) is 0 Å². The molecule has 1 aliphatic heterocycles. The lowest BCUT2D eigenvalue weighted by molar-refractivity contribution is -0.122. The molecule has 1 aliphatic rings. The number of H-pyrrole nitrogens is 1. The van der Waals surface area contributed by atoms with Gasteiger partial charge in [-0.3, -0.25) is 9.59 Å². The first-order valence-electron chi connectivity index (χ1n) is 10.6. The molecule has 0 aliphatic carbocycles. The second-order valence-electron chi connectivity index (χ2n) is 7.94. The van der Waals surface area contributed by atoms with E-state index in [0.29, 0.717) is 23.6 Å². The topological polar surface area (TPSA) is 65.2 Å². The summed E-state index contributed by atoms with van der Waals surface area (Å²) in [4.78, 5) is 31.0. The van der Waals surface area contributed by atoms with Gasteiger partial charge in [-0.1, -0.05) is 60.1 Å². The molecule has 3 aromatic carbocycles. The van der Waals surface area contributed by atoms with Crippen molar-refractivity contribution in [2.24, 2.45) is 0 Å². The van der Waals surface area contributed by atoms with E-state index < -0.39 is 0 Å². The van der Waals surface area contributed by atoms with Crippen LogP contribution in [-0.2, 0) is 11.2 Å². The number of hydrogen-bond donors (Lipinski definition) is 2. The Kier molecular flexibility index (Phi) is 5.41. The van der Waals surface area contributed by atoms with Gasteiger partial charge in [0.2, 0.25) is 5.91 Å². The Bertz CT molecular complexity index is 1300. The first-order valence-corrected chi connectivity index (χ1v) is 11.0. The number of fused-ring (bicyclic) bond motifs is 2. The van der Waals surface area contributed by atoms with E-state index in [9.17, 15) is 9.59 Å². The molecule has 0 saturated heterocycles. The predicted molar refractivity (Wildman–Crippen MR) is 126 cm³/mol. The highest BCUT2D eigenvalue weighted by Crippen LogP contribution is 2.40. The van der Waals surface area contributed by atoms with Crippen molar-refractivity contribution in [1.82, 2.24) is 15.2 Å². The van der Waals surface area contributed by atoms with Gasteiger partial charge in [0.25, 0.3) is 5.91 Å². The lowest BCUT2D eigenvalue weighted by Crippen LogP contribution is -2.40. The van der Waals surface area contributed by atoms with Crippen LogP contribution in [0.1, 0.15) is 33.1 Å². The van der Waals surface area contributed by atoms with E-state index in [4.69, 9.17) is 11.6 Å². The number of aromatic amines is 1. The van der Waals surface area contributed by atoms with E-state index in [0.717, 1.165) is 27.6 Å². The third kappa shape index (κ3) is 3.76. The SMILES string of the molecule is O=C(CN1C(=O)c2ccccc2C1c1c[nH]c2ccccc12)NCCc1ccc(Cl)cc1. The number of nitrogens with one attached hydrogen (secondary N) is 2. The number of nitrogens with zero attached hydrogens (tertiary/aromatic N) is 1. The van der Waals surface area contributed by atoms with Crippen LogP contribution in [0, 0.1) is 0 Å². The smallest absolute Gasteiger partial charge is 0.255 e. The summed E-state index contributed by atoms with van der Waals surface area (Å²) in [7, 11) is 0. The maximum atomic E-state index is 13.2. The number of carbonyl (C=O) groups excluding carboxylic acids is 2. The number of para-hydroxylation sites is 1. The Hall–Kier alpha value is -3.57. The average Bonchev–Trinajstić information content (AvgIpc) is 3.34. The maximum Gasteiger partial charge on any atom is 0.255 e. The molecule has 6 heteroatoms. The molecule has 0 fully saturated rings. The average molecular weight is 444 g/mol. The van der Waals surface area contributed by atoms with Gasteiger partial charge in [0.15, 0.2) is 0 Å². The molecule has 0 bridgehead atoms. The second-order valence-corrected chi connectivity index (χ2v) is 8.38. The quantitative estimate of drug-likeness (QED) is 0.452. The van der Waals surface area contributed by atoms with Gasteiger partial charge < -0.3 is 15.2 Å². The zero-order valence-electron chi connectivity index (χ0n) is 17.3. The molecule has 2 amide bonds. The highest BCUT2D eigenvalue weighted by atomic mass is 35.5. The molecule has 5 nitrogen and oxygen atoms in total. The van der Waals surface area contributed by atoms with Gasteiger partial charge in [-0.05, 0) is 41.8 Å². The van der Waals surface area contributed by atoms with Crippen molar-refractivity contribution in [2.75, 3.05) is 13.1 Å². The monoisotopic (exact) mass is 443 g/mol. The maximum absolute atomic E-state index is 13.2. The molecule has 1 atom stereocenters. The second kappa shape index (κ2) is 8.52. The number of halogens is 1. The Morgan fingerprint density at radius 3 is 2.56 bits per heavy atom. The molecule has 2 N–H and O–H groups in total. The summed E-state index contributed by atoms with van der Waals surface area (Å²) in [6.07, 6.45) is 2.64. The van der Waals surface area contributed by atoms with Gasteiger partial charge >= 0.3 is 0 Å².